The minimum Gasteiger partial charge on any atom is -0.490 e. The van der Waals surface area contributed by atoms with Crippen molar-refractivity contribution in [3.63, 3.8) is 0 Å². The highest BCUT2D eigenvalue weighted by atomic mass is 16.7. The van der Waals surface area contributed by atoms with Gasteiger partial charge >= 0.3 is 5.69 Å². The van der Waals surface area contributed by atoms with Gasteiger partial charge in [0.05, 0.1) is 28.7 Å². The Labute approximate surface area is 266 Å². The van der Waals surface area contributed by atoms with Gasteiger partial charge in [-0.1, -0.05) is 24.3 Å². The van der Waals surface area contributed by atoms with Crippen molar-refractivity contribution in [2.24, 2.45) is 5.10 Å². The molecular weight excluding hydrogens is 614 g/mol. The van der Waals surface area contributed by atoms with Gasteiger partial charge in [0, 0.05) is 11.6 Å². The van der Waals surface area contributed by atoms with Crippen molar-refractivity contribution < 1.29 is 38.4 Å². The van der Waals surface area contributed by atoms with Crippen LogP contribution in [0.4, 0.5) is 11.4 Å². The normalized spacial score (nSPS) is 12.0. The summed E-state index contributed by atoms with van der Waals surface area (Å²) in [5, 5.41) is 29.2. The van der Waals surface area contributed by atoms with Crippen LogP contribution in [0.1, 0.15) is 28.4 Å². The second-order valence-electron chi connectivity index (χ2n) is 9.60. The molecule has 0 saturated heterocycles. The fraction of sp³-hybridized carbons (Fsp3) is 0.0938. The van der Waals surface area contributed by atoms with Gasteiger partial charge < -0.3 is 24.3 Å². The van der Waals surface area contributed by atoms with Crippen LogP contribution >= 0.6 is 0 Å². The number of nitrogens with zero attached hydrogens (tertiary/aromatic N) is 3. The molecule has 0 radical (unpaired) electrons. The van der Waals surface area contributed by atoms with Crippen molar-refractivity contribution in [2.45, 2.75) is 6.92 Å². The van der Waals surface area contributed by atoms with E-state index in [1.54, 1.807) is 61.5 Å². The molecule has 0 bridgehead atoms. The summed E-state index contributed by atoms with van der Waals surface area (Å²) < 4.78 is 22.1. The molecule has 0 aromatic heterocycles. The van der Waals surface area contributed by atoms with Crippen molar-refractivity contribution in [2.75, 3.05) is 13.4 Å². The average molecular weight is 640 g/mol. The number of hydrogen-bond acceptors (Lipinski definition) is 11. The van der Waals surface area contributed by atoms with Crippen molar-refractivity contribution in [1.29, 1.82) is 0 Å². The summed E-state index contributed by atoms with van der Waals surface area (Å²) in [5.74, 6) is -0.127. The molecule has 4 aromatic rings. The number of non-ortho nitro benzene ring substituents is 1. The van der Waals surface area contributed by atoms with Gasteiger partial charge in [-0.3, -0.25) is 29.8 Å². The zero-order chi connectivity index (χ0) is 33.3. The zero-order valence-corrected chi connectivity index (χ0v) is 24.6. The Morgan fingerprint density at radius 3 is 2.36 bits per heavy atom. The molecule has 2 N–H and O–H groups in total. The predicted molar refractivity (Wildman–Crippen MR) is 168 cm³/mol. The number of ether oxygens (including phenoxy) is 4. The molecule has 15 heteroatoms. The Kier molecular flexibility index (Phi) is 9.66. The van der Waals surface area contributed by atoms with E-state index in [0.717, 1.165) is 18.2 Å². The van der Waals surface area contributed by atoms with Crippen LogP contribution in [-0.2, 0) is 4.79 Å². The Bertz CT molecular complexity index is 1910. The first-order valence-corrected chi connectivity index (χ1v) is 13.9. The number of nitro groups is 2. The van der Waals surface area contributed by atoms with Crippen LogP contribution in [0.3, 0.4) is 0 Å². The molecule has 0 fully saturated rings. The molecule has 1 heterocycles. The van der Waals surface area contributed by atoms with E-state index in [9.17, 15) is 29.8 Å². The molecule has 0 saturated carbocycles. The van der Waals surface area contributed by atoms with Crippen LogP contribution < -0.4 is 29.7 Å². The van der Waals surface area contributed by atoms with Gasteiger partial charge in [0.25, 0.3) is 17.5 Å². The molecule has 0 unspecified atom stereocenters. The maximum Gasteiger partial charge on any atom is 0.318 e. The molecule has 4 aromatic carbocycles. The first-order chi connectivity index (χ1) is 22.7. The second-order valence-corrected chi connectivity index (χ2v) is 9.60. The molecule has 238 valence electrons. The molecule has 0 spiro atoms. The quantitative estimate of drug-likeness (QED) is 0.0884. The van der Waals surface area contributed by atoms with Crippen LogP contribution in [0.2, 0.25) is 0 Å². The molecule has 0 aliphatic carbocycles. The van der Waals surface area contributed by atoms with E-state index >= 15 is 0 Å². The number of carbonyl (C=O) groups is 2. The zero-order valence-electron chi connectivity index (χ0n) is 24.6. The van der Waals surface area contributed by atoms with Crippen molar-refractivity contribution in [1.82, 2.24) is 10.7 Å². The number of carbonyl (C=O) groups excluding carboxylic acids is 2. The van der Waals surface area contributed by atoms with Crippen LogP contribution in [0.15, 0.2) is 95.7 Å². The molecule has 1 aliphatic rings. The Hall–Kier alpha value is -6.77. The number of fused-ring (bicyclic) bond motifs is 1. The summed E-state index contributed by atoms with van der Waals surface area (Å²) in [6.45, 7) is 2.01. The lowest BCUT2D eigenvalue weighted by molar-refractivity contribution is -0.394. The summed E-state index contributed by atoms with van der Waals surface area (Å²) in [6, 6.07) is 21.0. The highest BCUT2D eigenvalue weighted by Gasteiger charge is 2.22. The highest BCUT2D eigenvalue weighted by molar-refractivity contribution is 6.05. The van der Waals surface area contributed by atoms with E-state index in [2.05, 4.69) is 15.8 Å². The molecule has 47 heavy (non-hydrogen) atoms. The molecule has 1 aliphatic heterocycles. The number of benzene rings is 4. The fourth-order valence-electron chi connectivity index (χ4n) is 4.26. The van der Waals surface area contributed by atoms with Gasteiger partial charge in [-0.2, -0.15) is 5.10 Å². The lowest BCUT2D eigenvalue weighted by Gasteiger charge is -2.12. The number of hydrazone groups is 1. The first-order valence-electron chi connectivity index (χ1n) is 13.9. The van der Waals surface area contributed by atoms with Crippen LogP contribution in [-0.4, -0.2) is 41.3 Å². The summed E-state index contributed by atoms with van der Waals surface area (Å²) in [7, 11) is 0. The molecule has 15 nitrogen and oxygen atoms in total. The summed E-state index contributed by atoms with van der Waals surface area (Å²) in [5.41, 5.74) is 2.58. The SMILES string of the molecule is CCOc1cc(/C=N\NC(=O)/C(=C\c2ccc3c(c2)OCO3)NC(=O)c2ccccc2)ccc1Oc1ccc([N+](=O)[O-])cc1[N+](=O)[O-]. The number of amides is 2. The number of hydrogen-bond donors (Lipinski definition) is 2. The third-order valence-electron chi connectivity index (χ3n) is 6.45. The average Bonchev–Trinajstić information content (AvgIpc) is 3.54. The first kappa shape index (κ1) is 31.6. The topological polar surface area (TPSA) is 194 Å². The van der Waals surface area contributed by atoms with Crippen molar-refractivity contribution >= 4 is 35.5 Å². The van der Waals surface area contributed by atoms with E-state index in [4.69, 9.17) is 18.9 Å². The van der Waals surface area contributed by atoms with E-state index < -0.39 is 33.0 Å². The van der Waals surface area contributed by atoms with Crippen LogP contribution in [0.25, 0.3) is 6.08 Å². The lowest BCUT2D eigenvalue weighted by atomic mass is 10.1. The number of nitrogens with one attached hydrogen (secondary N) is 2. The number of nitro benzene ring substituents is 2. The standard InChI is InChI=1S/C32H25N5O10/c1-2-44-30-16-21(9-12-28(30)47-26-13-10-23(36(40)41)17-25(26)37(42)43)18-33-35-32(39)24(34-31(38)22-6-4-3-5-7-22)14-20-8-11-27-29(15-20)46-19-45-27/h3-18H,2,19H2,1H3,(H,34,38)(H,35,39)/b24-14+,33-18-. The Balaban J connectivity index is 1.35. The van der Waals surface area contributed by atoms with Gasteiger partial charge in [0.15, 0.2) is 23.0 Å². The summed E-state index contributed by atoms with van der Waals surface area (Å²) >= 11 is 0. The van der Waals surface area contributed by atoms with Gasteiger partial charge in [-0.25, -0.2) is 5.43 Å². The highest BCUT2D eigenvalue weighted by Crippen LogP contribution is 2.38. The summed E-state index contributed by atoms with van der Waals surface area (Å²) in [4.78, 5) is 47.2. The Morgan fingerprint density at radius 2 is 1.62 bits per heavy atom. The number of rotatable bonds is 12. The van der Waals surface area contributed by atoms with Crippen LogP contribution in [0, 0.1) is 20.2 Å². The maximum atomic E-state index is 13.2. The van der Waals surface area contributed by atoms with E-state index in [-0.39, 0.29) is 36.3 Å². The molecule has 2 amide bonds. The molecule has 5 rings (SSSR count). The minimum absolute atomic E-state index is 0.0738. The minimum atomic E-state index is -0.788. The van der Waals surface area contributed by atoms with Crippen molar-refractivity contribution in [3.8, 4) is 28.7 Å². The van der Waals surface area contributed by atoms with Gasteiger partial charge in [0.1, 0.15) is 5.70 Å². The predicted octanol–water partition coefficient (Wildman–Crippen LogP) is 5.34. The molecule has 0 atom stereocenters. The van der Waals surface area contributed by atoms with Crippen molar-refractivity contribution in [3.05, 3.63) is 128 Å². The van der Waals surface area contributed by atoms with E-state index in [1.807, 2.05) is 0 Å². The second kappa shape index (κ2) is 14.3. The monoisotopic (exact) mass is 639 g/mol. The molecular formula is C32H25N5O10. The van der Waals surface area contributed by atoms with Gasteiger partial charge in [0.2, 0.25) is 12.5 Å². The van der Waals surface area contributed by atoms with Crippen LogP contribution in [0.5, 0.6) is 28.7 Å². The third-order valence-corrected chi connectivity index (χ3v) is 6.45. The lowest BCUT2D eigenvalue weighted by Crippen LogP contribution is -2.32. The fourth-order valence-corrected chi connectivity index (χ4v) is 4.26. The maximum absolute atomic E-state index is 13.2. The van der Waals surface area contributed by atoms with E-state index in [0.29, 0.717) is 28.2 Å². The Morgan fingerprint density at radius 1 is 0.872 bits per heavy atom. The summed E-state index contributed by atoms with van der Waals surface area (Å²) in [6.07, 6.45) is 2.78. The van der Waals surface area contributed by atoms with Gasteiger partial charge in [-0.15, -0.1) is 0 Å². The smallest absolute Gasteiger partial charge is 0.318 e. The largest absolute Gasteiger partial charge is 0.490 e. The van der Waals surface area contributed by atoms with Gasteiger partial charge in [-0.05, 0) is 72.7 Å². The van der Waals surface area contributed by atoms with E-state index in [1.165, 1.54) is 24.4 Å². The third kappa shape index (κ3) is 7.85.